The largest absolute Gasteiger partial charge is 0.366 e. The van der Waals surface area contributed by atoms with Gasteiger partial charge in [-0.15, -0.1) is 0 Å². The molecule has 0 aliphatic carbocycles. The predicted octanol–water partition coefficient (Wildman–Crippen LogP) is 0.728. The van der Waals surface area contributed by atoms with Gasteiger partial charge in [-0.2, -0.15) is 0 Å². The summed E-state index contributed by atoms with van der Waals surface area (Å²) in [6.45, 7) is 0. The van der Waals surface area contributed by atoms with Crippen LogP contribution in [0.3, 0.4) is 0 Å². The van der Waals surface area contributed by atoms with Crippen molar-refractivity contribution in [3.8, 4) is 0 Å². The van der Waals surface area contributed by atoms with E-state index in [1.807, 2.05) is 0 Å². The molecule has 7 nitrogen and oxygen atoms in total. The zero-order valence-corrected chi connectivity index (χ0v) is 11.2. The number of H-pyrrole nitrogens is 1. The SMILES string of the molecule is O=c1cc[nH]cc1S(=O)(=O)Nc1cnc(Br)cn1. The molecule has 0 fully saturated rings. The molecule has 94 valence electrons. The molecule has 0 atom stereocenters. The Labute approximate surface area is 110 Å². The average Bonchev–Trinajstić information content (AvgIpc) is 2.32. The Kier molecular flexibility index (Phi) is 3.43. The summed E-state index contributed by atoms with van der Waals surface area (Å²) in [6, 6.07) is 1.13. The van der Waals surface area contributed by atoms with Gasteiger partial charge in [0.05, 0.1) is 12.4 Å². The van der Waals surface area contributed by atoms with Gasteiger partial charge in [-0.25, -0.2) is 18.4 Å². The molecule has 0 radical (unpaired) electrons. The lowest BCUT2D eigenvalue weighted by molar-refractivity contribution is 0.600. The van der Waals surface area contributed by atoms with Crippen LogP contribution >= 0.6 is 15.9 Å². The van der Waals surface area contributed by atoms with Gasteiger partial charge < -0.3 is 4.98 Å². The first-order chi connectivity index (χ1) is 8.49. The zero-order valence-electron chi connectivity index (χ0n) is 8.79. The number of hydrogen-bond acceptors (Lipinski definition) is 5. The molecule has 2 rings (SSSR count). The second kappa shape index (κ2) is 4.86. The Hall–Kier alpha value is -1.74. The molecule has 0 spiro atoms. The summed E-state index contributed by atoms with van der Waals surface area (Å²) in [5, 5.41) is 0. The molecule has 2 N–H and O–H groups in total. The molecule has 0 bridgehead atoms. The van der Waals surface area contributed by atoms with Gasteiger partial charge in [0, 0.05) is 18.5 Å². The first-order valence-corrected chi connectivity index (χ1v) is 6.94. The van der Waals surface area contributed by atoms with E-state index in [1.54, 1.807) is 0 Å². The van der Waals surface area contributed by atoms with Gasteiger partial charge in [-0.05, 0) is 15.9 Å². The number of hydrogen-bond donors (Lipinski definition) is 2. The van der Waals surface area contributed by atoms with Crippen molar-refractivity contribution in [1.82, 2.24) is 15.0 Å². The number of pyridine rings is 1. The maximum Gasteiger partial charge on any atom is 0.268 e. The number of rotatable bonds is 3. The fourth-order valence-corrected chi connectivity index (χ4v) is 2.42. The monoisotopic (exact) mass is 330 g/mol. The molecule has 2 aromatic heterocycles. The molecule has 0 saturated heterocycles. The average molecular weight is 331 g/mol. The third-order valence-corrected chi connectivity index (χ3v) is 3.72. The molecule has 9 heteroatoms. The minimum atomic E-state index is -3.97. The van der Waals surface area contributed by atoms with Gasteiger partial charge in [0.25, 0.3) is 10.0 Å². The number of aromatic amines is 1. The highest BCUT2D eigenvalue weighted by atomic mass is 79.9. The van der Waals surface area contributed by atoms with Crippen molar-refractivity contribution in [2.24, 2.45) is 0 Å². The molecule has 2 aromatic rings. The minimum Gasteiger partial charge on any atom is -0.366 e. The lowest BCUT2D eigenvalue weighted by Gasteiger charge is -2.05. The van der Waals surface area contributed by atoms with Crippen molar-refractivity contribution in [1.29, 1.82) is 0 Å². The summed E-state index contributed by atoms with van der Waals surface area (Å²) in [7, 11) is -3.97. The van der Waals surface area contributed by atoms with Crippen LogP contribution in [0.1, 0.15) is 0 Å². The van der Waals surface area contributed by atoms with Gasteiger partial charge in [0.2, 0.25) is 5.43 Å². The van der Waals surface area contributed by atoms with Crippen LogP contribution in [-0.4, -0.2) is 23.4 Å². The van der Waals surface area contributed by atoms with Crippen molar-refractivity contribution in [2.75, 3.05) is 4.72 Å². The summed E-state index contributed by atoms with van der Waals surface area (Å²) >= 11 is 3.08. The third kappa shape index (κ3) is 2.74. The molecule has 0 unspecified atom stereocenters. The van der Waals surface area contributed by atoms with Crippen LogP contribution in [0.25, 0.3) is 0 Å². The molecular weight excluding hydrogens is 324 g/mol. The lowest BCUT2D eigenvalue weighted by atomic mass is 10.5. The molecule has 18 heavy (non-hydrogen) atoms. The highest BCUT2D eigenvalue weighted by molar-refractivity contribution is 9.10. The highest BCUT2D eigenvalue weighted by Gasteiger charge is 2.18. The topological polar surface area (TPSA) is 105 Å². The Morgan fingerprint density at radius 1 is 1.28 bits per heavy atom. The second-order valence-electron chi connectivity index (χ2n) is 3.20. The summed E-state index contributed by atoms with van der Waals surface area (Å²) < 4.78 is 26.4. The quantitative estimate of drug-likeness (QED) is 0.863. The fourth-order valence-electron chi connectivity index (χ4n) is 1.17. The van der Waals surface area contributed by atoms with E-state index in [9.17, 15) is 13.2 Å². The normalized spacial score (nSPS) is 11.2. The maximum absolute atomic E-state index is 11.9. The zero-order chi connectivity index (χ0) is 13.2. The van der Waals surface area contributed by atoms with Crippen molar-refractivity contribution in [3.05, 3.63) is 45.7 Å². The van der Waals surface area contributed by atoms with Gasteiger partial charge in [0.15, 0.2) is 10.7 Å². The van der Waals surface area contributed by atoms with Crippen molar-refractivity contribution < 1.29 is 8.42 Å². The van der Waals surface area contributed by atoms with E-state index in [2.05, 4.69) is 35.6 Å². The van der Waals surface area contributed by atoms with Crippen LogP contribution in [0.2, 0.25) is 0 Å². The number of sulfonamides is 1. The smallest absolute Gasteiger partial charge is 0.268 e. The standard InChI is InChI=1S/C9H7BrN4O3S/c10-8-4-13-9(5-12-8)14-18(16,17)7-3-11-2-1-6(7)15/h1-5H,(H,11,15)(H,13,14). The van der Waals surface area contributed by atoms with Crippen molar-refractivity contribution in [3.63, 3.8) is 0 Å². The number of halogens is 1. The molecule has 0 aliphatic rings. The van der Waals surface area contributed by atoms with Crippen LogP contribution in [0.5, 0.6) is 0 Å². The summed E-state index contributed by atoms with van der Waals surface area (Å²) in [4.78, 5) is 21.2. The van der Waals surface area contributed by atoms with E-state index in [-0.39, 0.29) is 10.7 Å². The van der Waals surface area contributed by atoms with E-state index in [4.69, 9.17) is 0 Å². The molecule has 0 aliphatic heterocycles. The van der Waals surface area contributed by atoms with Gasteiger partial charge in [-0.3, -0.25) is 9.52 Å². The molecule has 0 saturated carbocycles. The highest BCUT2D eigenvalue weighted by Crippen LogP contribution is 2.11. The predicted molar refractivity (Wildman–Crippen MR) is 67.6 cm³/mol. The molecule has 0 aromatic carbocycles. The van der Waals surface area contributed by atoms with E-state index in [0.29, 0.717) is 4.60 Å². The molecule has 2 heterocycles. The summed E-state index contributed by atoms with van der Waals surface area (Å²) in [5.74, 6) is 0.0291. The number of nitrogens with one attached hydrogen (secondary N) is 2. The third-order valence-electron chi connectivity index (χ3n) is 1.94. The number of nitrogens with zero attached hydrogens (tertiary/aromatic N) is 2. The minimum absolute atomic E-state index is 0.0291. The van der Waals surface area contributed by atoms with Gasteiger partial charge >= 0.3 is 0 Å². The molecule has 0 amide bonds. The van der Waals surface area contributed by atoms with E-state index < -0.39 is 15.5 Å². The fraction of sp³-hybridized carbons (Fsp3) is 0. The van der Waals surface area contributed by atoms with Crippen LogP contribution in [0.15, 0.2) is 45.1 Å². The van der Waals surface area contributed by atoms with Crippen molar-refractivity contribution in [2.45, 2.75) is 4.90 Å². The Balaban J connectivity index is 2.36. The van der Waals surface area contributed by atoms with Crippen molar-refractivity contribution >= 4 is 31.8 Å². The second-order valence-corrected chi connectivity index (χ2v) is 5.67. The van der Waals surface area contributed by atoms with E-state index in [1.165, 1.54) is 18.6 Å². The summed E-state index contributed by atoms with van der Waals surface area (Å²) in [6.07, 6.45) is 5.03. The first kappa shape index (κ1) is 12.7. The maximum atomic E-state index is 11.9. The number of anilines is 1. The van der Waals surface area contributed by atoms with Crippen LogP contribution in [0.4, 0.5) is 5.82 Å². The van der Waals surface area contributed by atoms with Crippen LogP contribution in [-0.2, 0) is 10.0 Å². The summed E-state index contributed by atoms with van der Waals surface area (Å²) in [5.41, 5.74) is -0.605. The Bertz CT molecular complexity index is 711. The van der Waals surface area contributed by atoms with E-state index >= 15 is 0 Å². The van der Waals surface area contributed by atoms with Gasteiger partial charge in [-0.1, -0.05) is 0 Å². The number of aromatic nitrogens is 3. The first-order valence-electron chi connectivity index (χ1n) is 4.66. The lowest BCUT2D eigenvalue weighted by Crippen LogP contribution is -2.21. The Morgan fingerprint density at radius 2 is 2.06 bits per heavy atom. The van der Waals surface area contributed by atoms with Crippen LogP contribution < -0.4 is 10.2 Å². The molecular formula is C9H7BrN4O3S. The Morgan fingerprint density at radius 3 is 2.67 bits per heavy atom. The van der Waals surface area contributed by atoms with Gasteiger partial charge in [0.1, 0.15) is 4.60 Å². The van der Waals surface area contributed by atoms with E-state index in [0.717, 1.165) is 12.3 Å². The van der Waals surface area contributed by atoms with Crippen LogP contribution in [0, 0.1) is 0 Å².